The first kappa shape index (κ1) is 22.9. The quantitative estimate of drug-likeness (QED) is 0.496. The van der Waals surface area contributed by atoms with E-state index in [2.05, 4.69) is 32.5 Å². The summed E-state index contributed by atoms with van der Waals surface area (Å²) < 4.78 is 0. The molecule has 2 aromatic carbocycles. The van der Waals surface area contributed by atoms with Gasteiger partial charge in [0.25, 0.3) is 11.5 Å². The van der Waals surface area contributed by atoms with Gasteiger partial charge in [0.15, 0.2) is 0 Å². The Morgan fingerprint density at radius 2 is 1.82 bits per heavy atom. The molecule has 4 rings (SSSR count). The molecule has 0 aliphatic carbocycles. The van der Waals surface area contributed by atoms with Gasteiger partial charge in [-0.2, -0.15) is 0 Å². The summed E-state index contributed by atoms with van der Waals surface area (Å²) >= 11 is 6.04. The number of carbonyl (C=O) groups is 1. The predicted octanol–water partition coefficient (Wildman–Crippen LogP) is 3.69. The Labute approximate surface area is 198 Å². The van der Waals surface area contributed by atoms with Crippen molar-refractivity contribution < 1.29 is 4.79 Å². The average molecular weight is 466 g/mol. The third-order valence-corrected chi connectivity index (χ3v) is 6.03. The van der Waals surface area contributed by atoms with Crippen molar-refractivity contribution in [1.82, 2.24) is 9.88 Å². The van der Waals surface area contributed by atoms with Crippen LogP contribution in [0.1, 0.15) is 15.9 Å². The van der Waals surface area contributed by atoms with Gasteiger partial charge >= 0.3 is 0 Å². The number of rotatable bonds is 7. The smallest absolute Gasteiger partial charge is 0.263 e. The summed E-state index contributed by atoms with van der Waals surface area (Å²) in [6.45, 7) is 4.58. The van der Waals surface area contributed by atoms with Gasteiger partial charge in [0.2, 0.25) is 0 Å². The molecule has 1 saturated heterocycles. The lowest BCUT2D eigenvalue weighted by molar-refractivity contribution is 0.102. The van der Waals surface area contributed by atoms with Crippen LogP contribution in [0.15, 0.2) is 65.6 Å². The Bertz CT molecular complexity index is 1150. The van der Waals surface area contributed by atoms with E-state index >= 15 is 0 Å². The molecule has 0 spiro atoms. The lowest BCUT2D eigenvalue weighted by Crippen LogP contribution is -2.44. The molecule has 1 amide bonds. The Balaban J connectivity index is 1.41. The second kappa shape index (κ2) is 10.6. The highest BCUT2D eigenvalue weighted by atomic mass is 35.5. The van der Waals surface area contributed by atoms with Crippen molar-refractivity contribution in [2.75, 3.05) is 55.3 Å². The van der Waals surface area contributed by atoms with Crippen molar-refractivity contribution in [3.05, 3.63) is 87.3 Å². The van der Waals surface area contributed by atoms with Crippen molar-refractivity contribution in [3.63, 3.8) is 0 Å². The molecule has 2 heterocycles. The monoisotopic (exact) mass is 465 g/mol. The predicted molar refractivity (Wildman–Crippen MR) is 135 cm³/mol. The fourth-order valence-electron chi connectivity index (χ4n) is 3.90. The van der Waals surface area contributed by atoms with E-state index in [-0.39, 0.29) is 5.56 Å². The maximum Gasteiger partial charge on any atom is 0.263 e. The fraction of sp³-hybridized carbons (Fsp3) is 0.280. The van der Waals surface area contributed by atoms with E-state index in [1.807, 2.05) is 48.5 Å². The van der Waals surface area contributed by atoms with Crippen molar-refractivity contribution in [3.8, 4) is 0 Å². The highest BCUT2D eigenvalue weighted by molar-refractivity contribution is 6.30. The van der Waals surface area contributed by atoms with Crippen LogP contribution in [0.5, 0.6) is 0 Å². The van der Waals surface area contributed by atoms with Crippen molar-refractivity contribution >= 4 is 34.6 Å². The number of hydrogen-bond acceptors (Lipinski definition) is 5. The minimum absolute atomic E-state index is 0.0618. The summed E-state index contributed by atoms with van der Waals surface area (Å²) in [4.78, 5) is 32.6. The number of nitrogens with zero attached hydrogens (tertiary/aromatic N) is 2. The highest BCUT2D eigenvalue weighted by Crippen LogP contribution is 2.20. The van der Waals surface area contributed by atoms with E-state index < -0.39 is 11.5 Å². The zero-order chi connectivity index (χ0) is 23.2. The van der Waals surface area contributed by atoms with Gasteiger partial charge in [0.05, 0.1) is 5.69 Å². The number of likely N-dealkylation sites (N-methyl/N-ethyl adjacent to an activating group) is 1. The van der Waals surface area contributed by atoms with E-state index in [1.54, 1.807) is 6.07 Å². The molecule has 1 aliphatic heterocycles. The second-order valence-electron chi connectivity index (χ2n) is 8.19. The van der Waals surface area contributed by atoms with Gasteiger partial charge in [-0.1, -0.05) is 23.7 Å². The van der Waals surface area contributed by atoms with Gasteiger partial charge in [0.1, 0.15) is 5.56 Å². The number of aromatic amines is 1. The first-order valence-electron chi connectivity index (χ1n) is 11.0. The molecule has 0 saturated carbocycles. The Morgan fingerprint density at radius 3 is 2.55 bits per heavy atom. The molecule has 0 radical (unpaired) electrons. The van der Waals surface area contributed by atoms with E-state index in [0.29, 0.717) is 29.4 Å². The van der Waals surface area contributed by atoms with Crippen LogP contribution in [0.25, 0.3) is 0 Å². The van der Waals surface area contributed by atoms with Gasteiger partial charge in [-0.05, 0) is 61.5 Å². The SMILES string of the molecule is CN1CCN(c2ccc(NC(=O)c3c(NCCc4cccc(Cl)c4)cc[nH]c3=O)cc2)CC1. The van der Waals surface area contributed by atoms with Crippen LogP contribution in [0, 0.1) is 0 Å². The van der Waals surface area contributed by atoms with Crippen LogP contribution >= 0.6 is 11.6 Å². The Morgan fingerprint density at radius 1 is 1.06 bits per heavy atom. The molecular formula is C25H28ClN5O2. The maximum atomic E-state index is 13.0. The number of halogens is 1. The van der Waals surface area contributed by atoms with Crippen molar-refractivity contribution in [2.24, 2.45) is 0 Å². The molecule has 1 fully saturated rings. The summed E-state index contributed by atoms with van der Waals surface area (Å²) in [5.74, 6) is -0.450. The van der Waals surface area contributed by atoms with E-state index in [1.165, 1.54) is 6.20 Å². The largest absolute Gasteiger partial charge is 0.384 e. The Kier molecular flexibility index (Phi) is 7.32. The molecular weight excluding hydrogens is 438 g/mol. The number of nitrogens with one attached hydrogen (secondary N) is 3. The fourth-order valence-corrected chi connectivity index (χ4v) is 4.11. The minimum Gasteiger partial charge on any atom is -0.384 e. The minimum atomic E-state index is -0.450. The molecule has 0 atom stereocenters. The van der Waals surface area contributed by atoms with Gasteiger partial charge in [-0.25, -0.2) is 0 Å². The van der Waals surface area contributed by atoms with Crippen LogP contribution in [0.4, 0.5) is 17.1 Å². The summed E-state index contributed by atoms with van der Waals surface area (Å²) in [5, 5.41) is 6.74. The van der Waals surface area contributed by atoms with Crippen LogP contribution in [0.2, 0.25) is 5.02 Å². The summed E-state index contributed by atoms with van der Waals surface area (Å²) in [6, 6.07) is 17.1. The lowest BCUT2D eigenvalue weighted by Gasteiger charge is -2.34. The molecule has 3 aromatic rings. The number of carbonyl (C=O) groups excluding carboxylic acids is 1. The van der Waals surface area contributed by atoms with Gasteiger partial charge in [0, 0.05) is 55.3 Å². The number of anilines is 3. The molecule has 33 heavy (non-hydrogen) atoms. The molecule has 7 nitrogen and oxygen atoms in total. The van der Waals surface area contributed by atoms with Gasteiger partial charge in [-0.15, -0.1) is 0 Å². The molecule has 172 valence electrons. The maximum absolute atomic E-state index is 13.0. The van der Waals surface area contributed by atoms with E-state index in [0.717, 1.165) is 37.4 Å². The number of amides is 1. The third-order valence-electron chi connectivity index (χ3n) is 5.80. The van der Waals surface area contributed by atoms with Gasteiger partial charge < -0.3 is 25.4 Å². The molecule has 3 N–H and O–H groups in total. The van der Waals surface area contributed by atoms with Crippen LogP contribution in [-0.4, -0.2) is 55.6 Å². The average Bonchev–Trinajstić information content (AvgIpc) is 2.80. The molecule has 0 bridgehead atoms. The van der Waals surface area contributed by atoms with Gasteiger partial charge in [-0.3, -0.25) is 9.59 Å². The zero-order valence-corrected chi connectivity index (χ0v) is 19.4. The number of pyridine rings is 1. The number of benzene rings is 2. The highest BCUT2D eigenvalue weighted by Gasteiger charge is 2.17. The molecule has 1 aromatic heterocycles. The molecule has 8 heteroatoms. The second-order valence-corrected chi connectivity index (χ2v) is 8.63. The zero-order valence-electron chi connectivity index (χ0n) is 18.6. The number of hydrogen-bond donors (Lipinski definition) is 3. The first-order chi connectivity index (χ1) is 16.0. The molecule has 0 unspecified atom stereocenters. The van der Waals surface area contributed by atoms with Crippen molar-refractivity contribution in [1.29, 1.82) is 0 Å². The lowest BCUT2D eigenvalue weighted by atomic mass is 10.1. The third kappa shape index (κ3) is 5.94. The van der Waals surface area contributed by atoms with Crippen LogP contribution in [0.3, 0.4) is 0 Å². The molecule has 1 aliphatic rings. The number of H-pyrrole nitrogens is 1. The summed E-state index contributed by atoms with van der Waals surface area (Å²) in [5.41, 5.74) is 2.97. The van der Waals surface area contributed by atoms with E-state index in [9.17, 15) is 9.59 Å². The normalized spacial score (nSPS) is 14.2. The van der Waals surface area contributed by atoms with Crippen LogP contribution in [-0.2, 0) is 6.42 Å². The van der Waals surface area contributed by atoms with E-state index in [4.69, 9.17) is 11.6 Å². The first-order valence-corrected chi connectivity index (χ1v) is 11.4. The number of piperazine rings is 1. The Hall–Kier alpha value is -3.29. The summed E-state index contributed by atoms with van der Waals surface area (Å²) in [6.07, 6.45) is 2.24. The topological polar surface area (TPSA) is 80.5 Å². The summed E-state index contributed by atoms with van der Waals surface area (Å²) in [7, 11) is 2.13. The van der Waals surface area contributed by atoms with Crippen molar-refractivity contribution in [2.45, 2.75) is 6.42 Å². The standard InChI is InChI=1S/C25H28ClN5O2/c1-30-13-15-31(16-14-30)21-7-5-20(6-8-21)29-25(33)23-22(10-12-28-24(23)32)27-11-9-18-3-2-4-19(26)17-18/h2-8,10,12,17H,9,11,13-16H2,1H3,(H,29,33)(H2,27,28,32). The van der Waals surface area contributed by atoms with Crippen LogP contribution < -0.4 is 21.1 Å². The number of aromatic nitrogens is 1.